The Morgan fingerprint density at radius 2 is 1.59 bits per heavy atom. The van der Waals surface area contributed by atoms with Crippen LogP contribution in [-0.2, 0) is 11.3 Å². The third kappa shape index (κ3) is 5.84. The number of ketones is 1. The molecule has 2 aromatic heterocycles. The van der Waals surface area contributed by atoms with Crippen LogP contribution in [-0.4, -0.2) is 34.3 Å². The number of benzene rings is 2. The van der Waals surface area contributed by atoms with Crippen molar-refractivity contribution in [1.82, 2.24) is 14.9 Å². The first-order chi connectivity index (χ1) is 17.8. The number of carbonyl (C=O) groups is 2. The number of hydrogen-bond acceptors (Lipinski definition) is 5. The number of carbonyl (C=O) groups excluding carboxylic acids is 2. The maximum atomic E-state index is 13.5. The minimum Gasteiger partial charge on any atom is -0.320 e. The van der Waals surface area contributed by atoms with Crippen LogP contribution in [0.1, 0.15) is 28.5 Å². The third-order valence-corrected chi connectivity index (χ3v) is 5.90. The number of pyridine rings is 2. The van der Waals surface area contributed by atoms with Gasteiger partial charge in [0.25, 0.3) is 5.56 Å². The van der Waals surface area contributed by atoms with Crippen LogP contribution < -0.4 is 16.2 Å². The number of halogens is 2. The number of rotatable bonds is 8. The summed E-state index contributed by atoms with van der Waals surface area (Å²) in [5.74, 6) is -1.64. The molecule has 0 radical (unpaired) electrons. The van der Waals surface area contributed by atoms with Crippen LogP contribution in [0.3, 0.4) is 0 Å². The van der Waals surface area contributed by atoms with Crippen molar-refractivity contribution in [3.8, 4) is 11.3 Å². The predicted octanol–water partition coefficient (Wildman–Crippen LogP) is 4.01. The zero-order valence-corrected chi connectivity index (χ0v) is 20.2. The van der Waals surface area contributed by atoms with E-state index in [1.165, 1.54) is 53.2 Å². The van der Waals surface area contributed by atoms with E-state index in [-0.39, 0.29) is 29.4 Å². The van der Waals surface area contributed by atoms with Crippen LogP contribution in [0.5, 0.6) is 0 Å². The highest BCUT2D eigenvalue weighted by Gasteiger charge is 2.17. The van der Waals surface area contributed by atoms with Gasteiger partial charge in [-0.05, 0) is 97.9 Å². The molecule has 9 heteroatoms. The molecule has 4 rings (SSSR count). The Hall–Kier alpha value is -4.50. The Bertz CT molecular complexity index is 1500. The Kier molecular flexibility index (Phi) is 7.64. The van der Waals surface area contributed by atoms with Gasteiger partial charge >= 0.3 is 0 Å². The summed E-state index contributed by atoms with van der Waals surface area (Å²) in [4.78, 5) is 42.9. The summed E-state index contributed by atoms with van der Waals surface area (Å²) in [7, 11) is 1.63. The van der Waals surface area contributed by atoms with Gasteiger partial charge in [0.05, 0.1) is 18.3 Å². The first-order valence-corrected chi connectivity index (χ1v) is 11.5. The molecule has 2 heterocycles. The van der Waals surface area contributed by atoms with E-state index in [1.54, 1.807) is 44.3 Å². The van der Waals surface area contributed by atoms with Crippen molar-refractivity contribution in [2.75, 3.05) is 12.4 Å². The second kappa shape index (κ2) is 11.0. The Balaban J connectivity index is 1.74. The fourth-order valence-electron chi connectivity index (χ4n) is 3.70. The number of nitrogens with one attached hydrogen (secondary N) is 2. The van der Waals surface area contributed by atoms with Gasteiger partial charge in [-0.25, -0.2) is 8.78 Å². The molecular weight excluding hydrogens is 478 g/mol. The van der Waals surface area contributed by atoms with E-state index >= 15 is 0 Å². The lowest BCUT2D eigenvalue weighted by Crippen LogP contribution is -2.37. The summed E-state index contributed by atoms with van der Waals surface area (Å²) in [5.41, 5.74) is 1.70. The minimum absolute atomic E-state index is 0.0447. The quantitative estimate of drug-likeness (QED) is 0.355. The predicted molar refractivity (Wildman–Crippen MR) is 136 cm³/mol. The molecule has 188 valence electrons. The molecular formula is C28H24F2N4O3. The van der Waals surface area contributed by atoms with Gasteiger partial charge in [0.2, 0.25) is 11.7 Å². The first kappa shape index (κ1) is 25.6. The van der Waals surface area contributed by atoms with E-state index in [4.69, 9.17) is 0 Å². The lowest BCUT2D eigenvalue weighted by molar-refractivity contribution is -0.117. The fourth-order valence-corrected chi connectivity index (χ4v) is 3.70. The highest BCUT2D eigenvalue weighted by atomic mass is 19.1. The van der Waals surface area contributed by atoms with Gasteiger partial charge in [-0.2, -0.15) is 0 Å². The average molecular weight is 503 g/mol. The van der Waals surface area contributed by atoms with E-state index in [1.807, 2.05) is 0 Å². The molecule has 4 aromatic rings. The maximum Gasteiger partial charge on any atom is 0.275 e. The molecule has 1 atom stereocenters. The van der Waals surface area contributed by atoms with Crippen molar-refractivity contribution < 1.29 is 18.4 Å². The zero-order chi connectivity index (χ0) is 26.5. The molecule has 0 saturated carbocycles. The van der Waals surface area contributed by atoms with Crippen LogP contribution in [0, 0.1) is 11.6 Å². The third-order valence-electron chi connectivity index (χ3n) is 5.90. The van der Waals surface area contributed by atoms with Crippen molar-refractivity contribution >= 4 is 17.4 Å². The normalized spacial score (nSPS) is 11.7. The van der Waals surface area contributed by atoms with Crippen molar-refractivity contribution in [3.05, 3.63) is 118 Å². The van der Waals surface area contributed by atoms with Crippen molar-refractivity contribution in [3.63, 3.8) is 0 Å². The van der Waals surface area contributed by atoms with Crippen LogP contribution >= 0.6 is 0 Å². The highest BCUT2D eigenvalue weighted by molar-refractivity contribution is 6.07. The molecule has 0 saturated heterocycles. The van der Waals surface area contributed by atoms with Crippen LogP contribution in [0.15, 0.2) is 83.8 Å². The van der Waals surface area contributed by atoms with Crippen LogP contribution in [0.2, 0.25) is 0 Å². The molecule has 0 unspecified atom stereocenters. The second-order valence-electron chi connectivity index (χ2n) is 8.42. The molecule has 0 fully saturated rings. The minimum atomic E-state index is -0.523. The molecule has 7 nitrogen and oxygen atoms in total. The standard InChI is InChI=1S/C28H24F2N4O3/c1-17(31-2)27(36)33-23-11-12-25(19-3-7-21(29)8-4-19)34(28(23)37)16-18-13-14-32-24(15-18)26(35)20-5-9-22(30)10-6-20/h3-15,17,31H,16H2,1-2H3,(H,33,36)/t17-/m0/s1. The summed E-state index contributed by atoms with van der Waals surface area (Å²) < 4.78 is 28.2. The summed E-state index contributed by atoms with van der Waals surface area (Å²) in [5, 5.41) is 5.46. The first-order valence-electron chi connectivity index (χ1n) is 11.5. The summed E-state index contributed by atoms with van der Waals surface area (Å²) >= 11 is 0. The maximum absolute atomic E-state index is 13.5. The van der Waals surface area contributed by atoms with Gasteiger partial charge in [-0.3, -0.25) is 19.4 Å². The second-order valence-corrected chi connectivity index (χ2v) is 8.42. The van der Waals surface area contributed by atoms with Crippen molar-refractivity contribution in [2.24, 2.45) is 0 Å². The number of aromatic nitrogens is 2. The summed E-state index contributed by atoms with van der Waals surface area (Å²) in [6.07, 6.45) is 1.45. The van der Waals surface area contributed by atoms with Crippen molar-refractivity contribution in [1.29, 1.82) is 0 Å². The van der Waals surface area contributed by atoms with Gasteiger partial charge < -0.3 is 15.2 Å². The van der Waals surface area contributed by atoms with Gasteiger partial charge in [0.1, 0.15) is 23.0 Å². The smallest absolute Gasteiger partial charge is 0.275 e. The molecule has 1 amide bonds. The largest absolute Gasteiger partial charge is 0.320 e. The van der Waals surface area contributed by atoms with Gasteiger partial charge in [-0.1, -0.05) is 0 Å². The highest BCUT2D eigenvalue weighted by Crippen LogP contribution is 2.22. The molecule has 0 aliphatic heterocycles. The Morgan fingerprint density at radius 3 is 2.24 bits per heavy atom. The number of anilines is 1. The molecule has 0 spiro atoms. The van der Waals surface area contributed by atoms with Crippen LogP contribution in [0.25, 0.3) is 11.3 Å². The van der Waals surface area contributed by atoms with E-state index in [0.717, 1.165) is 0 Å². The number of hydrogen-bond donors (Lipinski definition) is 2. The summed E-state index contributed by atoms with van der Waals surface area (Å²) in [6, 6.07) is 16.7. The number of amides is 1. The molecule has 0 bridgehead atoms. The zero-order valence-electron chi connectivity index (χ0n) is 20.2. The molecule has 0 aliphatic rings. The Labute approximate surface area is 211 Å². The molecule has 2 N–H and O–H groups in total. The molecule has 37 heavy (non-hydrogen) atoms. The molecule has 2 aromatic carbocycles. The van der Waals surface area contributed by atoms with Crippen molar-refractivity contribution in [2.45, 2.75) is 19.5 Å². The van der Waals surface area contributed by atoms with E-state index < -0.39 is 29.0 Å². The SMILES string of the molecule is CN[C@@H](C)C(=O)Nc1ccc(-c2ccc(F)cc2)n(Cc2ccnc(C(=O)c3ccc(F)cc3)c2)c1=O. The van der Waals surface area contributed by atoms with Gasteiger partial charge in [0.15, 0.2) is 0 Å². The average Bonchev–Trinajstić information content (AvgIpc) is 2.91. The lowest BCUT2D eigenvalue weighted by Gasteiger charge is -2.17. The number of nitrogens with zero attached hydrogens (tertiary/aromatic N) is 2. The van der Waals surface area contributed by atoms with E-state index in [9.17, 15) is 23.2 Å². The monoisotopic (exact) mass is 502 g/mol. The van der Waals surface area contributed by atoms with Crippen LogP contribution in [0.4, 0.5) is 14.5 Å². The van der Waals surface area contributed by atoms with E-state index in [0.29, 0.717) is 16.8 Å². The van der Waals surface area contributed by atoms with E-state index in [2.05, 4.69) is 15.6 Å². The van der Waals surface area contributed by atoms with Gasteiger partial charge in [-0.15, -0.1) is 0 Å². The molecule has 0 aliphatic carbocycles. The van der Waals surface area contributed by atoms with Gasteiger partial charge in [0, 0.05) is 11.8 Å². The Morgan fingerprint density at radius 1 is 0.946 bits per heavy atom. The lowest BCUT2D eigenvalue weighted by atomic mass is 10.1. The topological polar surface area (TPSA) is 93.1 Å². The number of likely N-dealkylation sites (N-methyl/N-ethyl adjacent to an activating group) is 1. The summed E-state index contributed by atoms with van der Waals surface area (Å²) in [6.45, 7) is 1.71. The fraction of sp³-hybridized carbons (Fsp3) is 0.143.